The van der Waals surface area contributed by atoms with Crippen LogP contribution in [0.4, 0.5) is 0 Å². The fourth-order valence-corrected chi connectivity index (χ4v) is 2.90. The van der Waals surface area contributed by atoms with Crippen molar-refractivity contribution >= 4 is 29.0 Å². The zero-order chi connectivity index (χ0) is 14.5. The van der Waals surface area contributed by atoms with Crippen LogP contribution in [0.25, 0.3) is 10.7 Å². The number of hydrogen-bond donors (Lipinski definition) is 2. The summed E-state index contributed by atoms with van der Waals surface area (Å²) < 4.78 is 0. The van der Waals surface area contributed by atoms with E-state index in [0.29, 0.717) is 17.6 Å². The maximum absolute atomic E-state index is 11.9. The molecule has 2 N–H and O–H groups in total. The quantitative estimate of drug-likeness (QED) is 0.805. The summed E-state index contributed by atoms with van der Waals surface area (Å²) in [6.45, 7) is 6.70. The van der Waals surface area contributed by atoms with Crippen molar-refractivity contribution in [3.8, 4) is 10.7 Å². The number of carbonyl (C=O) groups is 1. The maximum atomic E-state index is 11.9. The number of rotatable bonds is 6. The van der Waals surface area contributed by atoms with Crippen LogP contribution in [0, 0.1) is 5.92 Å². The molecule has 7 heteroatoms. The number of H-pyrrole nitrogens is 1. The average Bonchev–Trinajstić information content (AvgIpc) is 3.05. The number of carbonyl (C=O) groups excluding carboxylic acids is 1. The molecule has 1 amide bonds. The lowest BCUT2D eigenvalue weighted by Gasteiger charge is -2.11. The Morgan fingerprint density at radius 3 is 2.95 bits per heavy atom. The van der Waals surface area contributed by atoms with Crippen molar-refractivity contribution in [3.05, 3.63) is 17.5 Å². The Hall–Kier alpha value is -1.34. The van der Waals surface area contributed by atoms with E-state index in [-0.39, 0.29) is 11.2 Å². The number of aromatic amines is 1. The molecule has 2 heterocycles. The summed E-state index contributed by atoms with van der Waals surface area (Å²) >= 11 is 2.96. The van der Waals surface area contributed by atoms with E-state index in [9.17, 15) is 4.79 Å². The molecule has 0 aliphatic carbocycles. The monoisotopic (exact) mass is 310 g/mol. The van der Waals surface area contributed by atoms with E-state index in [1.54, 1.807) is 11.3 Å². The van der Waals surface area contributed by atoms with Crippen LogP contribution < -0.4 is 5.32 Å². The van der Waals surface area contributed by atoms with Crippen LogP contribution in [0.1, 0.15) is 20.8 Å². The van der Waals surface area contributed by atoms with Crippen molar-refractivity contribution in [2.45, 2.75) is 31.2 Å². The van der Waals surface area contributed by atoms with E-state index in [1.165, 1.54) is 11.8 Å². The van der Waals surface area contributed by atoms with Crippen LogP contribution in [-0.4, -0.2) is 32.9 Å². The number of nitrogens with one attached hydrogen (secondary N) is 2. The predicted octanol–water partition coefficient (Wildman–Crippen LogP) is 2.79. The zero-order valence-corrected chi connectivity index (χ0v) is 13.3. The number of nitrogens with zero attached hydrogens (tertiary/aromatic N) is 2. The highest BCUT2D eigenvalue weighted by atomic mass is 32.2. The highest BCUT2D eigenvalue weighted by Crippen LogP contribution is 2.25. The molecule has 0 spiro atoms. The lowest BCUT2D eigenvalue weighted by atomic mass is 10.2. The second-order valence-corrected chi connectivity index (χ2v) is 7.10. The Morgan fingerprint density at radius 1 is 1.50 bits per heavy atom. The van der Waals surface area contributed by atoms with Gasteiger partial charge in [0.15, 0.2) is 5.82 Å². The van der Waals surface area contributed by atoms with E-state index in [4.69, 9.17) is 0 Å². The average molecular weight is 310 g/mol. The van der Waals surface area contributed by atoms with E-state index in [1.807, 2.05) is 24.4 Å². The summed E-state index contributed by atoms with van der Waals surface area (Å²) in [7, 11) is 0. The number of thioether (sulfide) groups is 1. The Bertz CT molecular complexity index is 550. The summed E-state index contributed by atoms with van der Waals surface area (Å²) in [6.07, 6.45) is 0. The molecule has 0 unspecified atom stereocenters. The zero-order valence-electron chi connectivity index (χ0n) is 11.7. The molecule has 5 nitrogen and oxygen atoms in total. The number of hydrogen-bond acceptors (Lipinski definition) is 5. The number of thiophene rings is 1. The van der Waals surface area contributed by atoms with Gasteiger partial charge in [-0.1, -0.05) is 31.7 Å². The molecule has 0 radical (unpaired) electrons. The standard InChI is InChI=1S/C13H18N4OS2/c1-8(2)7-14-12(18)9(3)20-13-15-11(16-17-13)10-5-4-6-19-10/h4-6,8-9H,7H2,1-3H3,(H,14,18)(H,15,16,17)/t9-/m0/s1. The predicted molar refractivity (Wildman–Crippen MR) is 82.9 cm³/mol. The topological polar surface area (TPSA) is 70.7 Å². The molecule has 1 atom stereocenters. The van der Waals surface area contributed by atoms with Gasteiger partial charge >= 0.3 is 0 Å². The van der Waals surface area contributed by atoms with Crippen LogP contribution in [0.3, 0.4) is 0 Å². The van der Waals surface area contributed by atoms with Crippen molar-refractivity contribution < 1.29 is 4.79 Å². The molecule has 0 aliphatic rings. The second kappa shape index (κ2) is 6.90. The molecule has 2 rings (SSSR count). The number of amides is 1. The van der Waals surface area contributed by atoms with Crippen molar-refractivity contribution in [3.63, 3.8) is 0 Å². The first-order valence-electron chi connectivity index (χ1n) is 6.47. The summed E-state index contributed by atoms with van der Waals surface area (Å²) in [5, 5.41) is 12.3. The van der Waals surface area contributed by atoms with Crippen LogP contribution in [0.15, 0.2) is 22.7 Å². The SMILES string of the molecule is CC(C)CNC(=O)[C@H](C)Sc1n[nH]c(-c2cccs2)n1. The minimum atomic E-state index is -0.208. The molecule has 108 valence electrons. The van der Waals surface area contributed by atoms with Gasteiger partial charge in [0.2, 0.25) is 11.1 Å². The van der Waals surface area contributed by atoms with Gasteiger partial charge in [0.1, 0.15) is 0 Å². The van der Waals surface area contributed by atoms with E-state index < -0.39 is 0 Å². The molecule has 0 aromatic carbocycles. The molecule has 0 bridgehead atoms. The summed E-state index contributed by atoms with van der Waals surface area (Å²) in [5.41, 5.74) is 0. The highest BCUT2D eigenvalue weighted by Gasteiger charge is 2.17. The summed E-state index contributed by atoms with van der Waals surface area (Å²) in [4.78, 5) is 17.3. The van der Waals surface area contributed by atoms with Gasteiger partial charge in [-0.3, -0.25) is 9.89 Å². The summed E-state index contributed by atoms with van der Waals surface area (Å²) in [6, 6.07) is 3.95. The fraction of sp³-hybridized carbons (Fsp3) is 0.462. The third-order valence-corrected chi connectivity index (χ3v) is 4.39. The Morgan fingerprint density at radius 2 is 2.30 bits per heavy atom. The third-order valence-electron chi connectivity index (χ3n) is 2.56. The van der Waals surface area contributed by atoms with Crippen molar-refractivity contribution in [2.24, 2.45) is 5.92 Å². The molecule has 0 aliphatic heterocycles. The van der Waals surface area contributed by atoms with Gasteiger partial charge in [-0.15, -0.1) is 16.4 Å². The number of aromatic nitrogens is 3. The van der Waals surface area contributed by atoms with E-state index in [0.717, 1.165) is 10.7 Å². The van der Waals surface area contributed by atoms with E-state index in [2.05, 4.69) is 34.3 Å². The Labute approximate surface area is 126 Å². The maximum Gasteiger partial charge on any atom is 0.233 e. The molecular formula is C13H18N4OS2. The smallest absolute Gasteiger partial charge is 0.233 e. The minimum Gasteiger partial charge on any atom is -0.355 e. The normalized spacial score (nSPS) is 12.6. The first kappa shape index (κ1) is 15.1. The lowest BCUT2D eigenvalue weighted by Crippen LogP contribution is -2.33. The third kappa shape index (κ3) is 4.08. The van der Waals surface area contributed by atoms with Crippen molar-refractivity contribution in [1.29, 1.82) is 0 Å². The van der Waals surface area contributed by atoms with Gasteiger partial charge in [0.25, 0.3) is 0 Å². The largest absolute Gasteiger partial charge is 0.355 e. The fourth-order valence-electron chi connectivity index (χ4n) is 1.48. The molecule has 0 saturated carbocycles. The molecule has 0 saturated heterocycles. The molecular weight excluding hydrogens is 292 g/mol. The van der Waals surface area contributed by atoms with Crippen LogP contribution in [0.2, 0.25) is 0 Å². The second-order valence-electron chi connectivity index (χ2n) is 4.84. The van der Waals surface area contributed by atoms with Gasteiger partial charge in [0, 0.05) is 6.54 Å². The lowest BCUT2D eigenvalue weighted by molar-refractivity contribution is -0.120. The Kier molecular flexibility index (Phi) is 5.19. The molecule has 2 aromatic rings. The molecule has 20 heavy (non-hydrogen) atoms. The Balaban J connectivity index is 1.91. The minimum absolute atomic E-state index is 0.0196. The molecule has 0 fully saturated rings. The summed E-state index contributed by atoms with van der Waals surface area (Å²) in [5.74, 6) is 1.22. The van der Waals surface area contributed by atoms with Gasteiger partial charge in [-0.25, -0.2) is 4.98 Å². The first-order chi connectivity index (χ1) is 9.56. The van der Waals surface area contributed by atoms with Crippen LogP contribution >= 0.6 is 23.1 Å². The van der Waals surface area contributed by atoms with Crippen molar-refractivity contribution in [1.82, 2.24) is 20.5 Å². The van der Waals surface area contributed by atoms with Crippen LogP contribution in [-0.2, 0) is 4.79 Å². The van der Waals surface area contributed by atoms with Gasteiger partial charge in [-0.2, -0.15) is 0 Å². The van der Waals surface area contributed by atoms with Crippen LogP contribution in [0.5, 0.6) is 0 Å². The first-order valence-corrected chi connectivity index (χ1v) is 8.23. The van der Waals surface area contributed by atoms with Gasteiger partial charge in [-0.05, 0) is 24.3 Å². The molecule has 2 aromatic heterocycles. The van der Waals surface area contributed by atoms with Crippen molar-refractivity contribution in [2.75, 3.05) is 6.54 Å². The highest BCUT2D eigenvalue weighted by molar-refractivity contribution is 8.00. The van der Waals surface area contributed by atoms with Gasteiger partial charge < -0.3 is 5.32 Å². The van der Waals surface area contributed by atoms with Gasteiger partial charge in [0.05, 0.1) is 10.1 Å². The van der Waals surface area contributed by atoms with E-state index >= 15 is 0 Å².